The van der Waals surface area contributed by atoms with Gasteiger partial charge in [0, 0.05) is 30.8 Å². The van der Waals surface area contributed by atoms with E-state index in [9.17, 15) is 5.11 Å². The number of hydrogen-bond acceptors (Lipinski definition) is 1. The maximum absolute atomic E-state index is 9.28. The van der Waals surface area contributed by atoms with Crippen molar-refractivity contribution in [1.82, 2.24) is 4.57 Å². The van der Waals surface area contributed by atoms with Crippen molar-refractivity contribution in [2.45, 2.75) is 27.2 Å². The molecule has 114 valence electrons. The Bertz CT molecular complexity index is 819. The van der Waals surface area contributed by atoms with E-state index in [0.717, 1.165) is 0 Å². The highest BCUT2D eigenvalue weighted by Gasteiger charge is 2.11. The van der Waals surface area contributed by atoms with Crippen LogP contribution in [0.2, 0.25) is 0 Å². The van der Waals surface area contributed by atoms with E-state index in [1.807, 2.05) is 0 Å². The average molecular weight is 293 g/mol. The summed E-state index contributed by atoms with van der Waals surface area (Å²) in [6.07, 6.45) is 2.83. The molecule has 0 radical (unpaired) electrons. The fourth-order valence-corrected chi connectivity index (χ4v) is 3.58. The lowest BCUT2D eigenvalue weighted by molar-refractivity contribution is 0.300. The first kappa shape index (κ1) is 14.9. The lowest BCUT2D eigenvalue weighted by atomic mass is 9.93. The van der Waals surface area contributed by atoms with Crippen LogP contribution in [0.25, 0.3) is 22.0 Å². The molecule has 0 saturated carbocycles. The van der Waals surface area contributed by atoms with Crippen molar-refractivity contribution in [3.63, 3.8) is 0 Å². The Balaban J connectivity index is 2.23. The van der Waals surface area contributed by atoms with E-state index < -0.39 is 0 Å². The number of fused-ring (bicyclic) bond motifs is 1. The first-order chi connectivity index (χ1) is 10.5. The molecule has 0 atom stereocenters. The number of aromatic nitrogens is 1. The number of aliphatic hydroxyl groups is 1. The standard InChI is InChI=1S/C20H23NO/c1-13-9-14(2)20(15(3)10-13)16-5-6-19-18(11-16)17(7-8-22)12-21(19)4/h5-6,9-12,22H,7-8H2,1-4H3. The summed E-state index contributed by atoms with van der Waals surface area (Å²) in [6, 6.07) is 11.1. The van der Waals surface area contributed by atoms with E-state index in [1.54, 1.807) is 0 Å². The molecule has 0 fully saturated rings. The smallest absolute Gasteiger partial charge is 0.0480 e. The van der Waals surface area contributed by atoms with Crippen molar-refractivity contribution < 1.29 is 5.11 Å². The number of rotatable bonds is 3. The molecule has 1 aromatic heterocycles. The van der Waals surface area contributed by atoms with Crippen LogP contribution in [0.1, 0.15) is 22.3 Å². The molecule has 1 heterocycles. The maximum atomic E-state index is 9.28. The zero-order valence-corrected chi connectivity index (χ0v) is 13.8. The Morgan fingerprint density at radius 3 is 2.32 bits per heavy atom. The van der Waals surface area contributed by atoms with E-state index in [1.165, 1.54) is 44.3 Å². The summed E-state index contributed by atoms with van der Waals surface area (Å²) < 4.78 is 2.14. The molecule has 0 aliphatic rings. The Morgan fingerprint density at radius 2 is 1.68 bits per heavy atom. The lowest BCUT2D eigenvalue weighted by Crippen LogP contribution is -1.91. The lowest BCUT2D eigenvalue weighted by Gasteiger charge is -2.12. The largest absolute Gasteiger partial charge is 0.396 e. The van der Waals surface area contributed by atoms with Gasteiger partial charge in [-0.25, -0.2) is 0 Å². The summed E-state index contributed by atoms with van der Waals surface area (Å²) in [5.41, 5.74) is 8.95. The topological polar surface area (TPSA) is 25.2 Å². The normalized spacial score (nSPS) is 11.3. The number of hydrogen-bond donors (Lipinski definition) is 1. The maximum Gasteiger partial charge on any atom is 0.0480 e. The van der Waals surface area contributed by atoms with Crippen molar-refractivity contribution >= 4 is 10.9 Å². The van der Waals surface area contributed by atoms with Gasteiger partial charge >= 0.3 is 0 Å². The Hall–Kier alpha value is -2.06. The van der Waals surface area contributed by atoms with Crippen LogP contribution in [0.15, 0.2) is 36.5 Å². The Kier molecular flexibility index (Phi) is 3.79. The van der Waals surface area contributed by atoms with E-state index in [2.05, 4.69) is 68.9 Å². The van der Waals surface area contributed by atoms with Gasteiger partial charge < -0.3 is 9.67 Å². The van der Waals surface area contributed by atoms with Gasteiger partial charge in [0.05, 0.1) is 0 Å². The first-order valence-corrected chi connectivity index (χ1v) is 7.78. The predicted molar refractivity (Wildman–Crippen MR) is 93.4 cm³/mol. The van der Waals surface area contributed by atoms with E-state index in [4.69, 9.17) is 0 Å². The zero-order chi connectivity index (χ0) is 15.9. The molecule has 0 amide bonds. The third-order valence-electron chi connectivity index (χ3n) is 4.42. The SMILES string of the molecule is Cc1cc(C)c(-c2ccc3c(c2)c(CCO)cn3C)c(C)c1. The molecule has 2 heteroatoms. The Labute approximate surface area is 132 Å². The van der Waals surface area contributed by atoms with Gasteiger partial charge in [0.25, 0.3) is 0 Å². The van der Waals surface area contributed by atoms with Crippen LogP contribution in [0.4, 0.5) is 0 Å². The highest BCUT2D eigenvalue weighted by atomic mass is 16.2. The van der Waals surface area contributed by atoms with Gasteiger partial charge in [-0.05, 0) is 67.1 Å². The summed E-state index contributed by atoms with van der Waals surface area (Å²) >= 11 is 0. The van der Waals surface area contributed by atoms with Crippen LogP contribution in [0.5, 0.6) is 0 Å². The van der Waals surface area contributed by atoms with Crippen molar-refractivity contribution in [2.24, 2.45) is 7.05 Å². The summed E-state index contributed by atoms with van der Waals surface area (Å²) in [4.78, 5) is 0. The van der Waals surface area contributed by atoms with Gasteiger partial charge in [-0.15, -0.1) is 0 Å². The molecular weight excluding hydrogens is 270 g/mol. The second-order valence-electron chi connectivity index (χ2n) is 6.24. The fraction of sp³-hybridized carbons (Fsp3) is 0.300. The molecule has 0 spiro atoms. The monoisotopic (exact) mass is 293 g/mol. The molecule has 0 unspecified atom stereocenters. The van der Waals surface area contributed by atoms with Crippen LogP contribution in [-0.2, 0) is 13.5 Å². The van der Waals surface area contributed by atoms with Gasteiger partial charge in [0.1, 0.15) is 0 Å². The molecular formula is C20H23NO. The minimum absolute atomic E-state index is 0.186. The Morgan fingerprint density at radius 1 is 1.00 bits per heavy atom. The molecule has 0 aliphatic heterocycles. The van der Waals surface area contributed by atoms with Gasteiger partial charge in [0.2, 0.25) is 0 Å². The van der Waals surface area contributed by atoms with Crippen LogP contribution in [0.3, 0.4) is 0 Å². The van der Waals surface area contributed by atoms with Crippen molar-refractivity contribution in [3.05, 3.63) is 58.8 Å². The fourth-order valence-electron chi connectivity index (χ4n) is 3.58. The second-order valence-corrected chi connectivity index (χ2v) is 6.24. The molecule has 3 aromatic rings. The highest BCUT2D eigenvalue weighted by molar-refractivity contribution is 5.89. The zero-order valence-electron chi connectivity index (χ0n) is 13.8. The molecule has 2 nitrogen and oxygen atoms in total. The van der Waals surface area contributed by atoms with E-state index >= 15 is 0 Å². The highest BCUT2D eigenvalue weighted by Crippen LogP contribution is 2.32. The molecule has 2 aromatic carbocycles. The van der Waals surface area contributed by atoms with Gasteiger partial charge in [0.15, 0.2) is 0 Å². The van der Waals surface area contributed by atoms with Gasteiger partial charge in [-0.3, -0.25) is 0 Å². The summed E-state index contributed by atoms with van der Waals surface area (Å²) in [5.74, 6) is 0. The third kappa shape index (κ3) is 2.44. The number of nitrogens with zero attached hydrogens (tertiary/aromatic N) is 1. The van der Waals surface area contributed by atoms with Gasteiger partial charge in [-0.1, -0.05) is 23.8 Å². The summed E-state index contributed by atoms with van der Waals surface area (Å²) in [5, 5.41) is 10.5. The van der Waals surface area contributed by atoms with Crippen LogP contribution >= 0.6 is 0 Å². The second kappa shape index (κ2) is 5.62. The molecule has 3 rings (SSSR count). The van der Waals surface area contributed by atoms with Crippen LogP contribution in [-0.4, -0.2) is 16.3 Å². The quantitative estimate of drug-likeness (QED) is 0.765. The van der Waals surface area contributed by atoms with E-state index in [0.29, 0.717) is 6.42 Å². The van der Waals surface area contributed by atoms with Crippen molar-refractivity contribution in [2.75, 3.05) is 6.61 Å². The molecule has 22 heavy (non-hydrogen) atoms. The molecule has 0 saturated heterocycles. The first-order valence-electron chi connectivity index (χ1n) is 7.78. The molecule has 0 aliphatic carbocycles. The third-order valence-corrected chi connectivity index (χ3v) is 4.42. The number of aryl methyl sites for hydroxylation is 4. The predicted octanol–water partition coefficient (Wildman–Crippen LogP) is 4.31. The molecule has 1 N–H and O–H groups in total. The van der Waals surface area contributed by atoms with Crippen molar-refractivity contribution in [3.8, 4) is 11.1 Å². The summed E-state index contributed by atoms with van der Waals surface area (Å²) in [7, 11) is 2.06. The minimum Gasteiger partial charge on any atom is -0.396 e. The van der Waals surface area contributed by atoms with Gasteiger partial charge in [-0.2, -0.15) is 0 Å². The van der Waals surface area contributed by atoms with Crippen LogP contribution < -0.4 is 0 Å². The van der Waals surface area contributed by atoms with E-state index in [-0.39, 0.29) is 6.61 Å². The number of aliphatic hydroxyl groups excluding tert-OH is 1. The van der Waals surface area contributed by atoms with Crippen LogP contribution in [0, 0.1) is 20.8 Å². The summed E-state index contributed by atoms with van der Waals surface area (Å²) in [6.45, 7) is 6.69. The van der Waals surface area contributed by atoms with Crippen molar-refractivity contribution in [1.29, 1.82) is 0 Å². The minimum atomic E-state index is 0.186. The number of benzene rings is 2. The average Bonchev–Trinajstić information content (AvgIpc) is 2.75. The molecule has 0 bridgehead atoms.